The van der Waals surface area contributed by atoms with Crippen LogP contribution in [0.15, 0.2) is 18.2 Å². The van der Waals surface area contributed by atoms with Gasteiger partial charge in [0.05, 0.1) is 10.0 Å². The molecule has 6 heteroatoms. The van der Waals surface area contributed by atoms with E-state index in [1.165, 1.54) is 0 Å². The van der Waals surface area contributed by atoms with Gasteiger partial charge in [0, 0.05) is 25.2 Å². The Kier molecular flexibility index (Phi) is 6.40. The molecule has 1 atom stereocenters. The first-order valence-electron chi connectivity index (χ1n) is 6.02. The summed E-state index contributed by atoms with van der Waals surface area (Å²) in [4.78, 5) is 14.1. The smallest absolute Gasteiger partial charge is 0.253 e. The highest BCUT2D eigenvalue weighted by Gasteiger charge is 2.23. The summed E-state index contributed by atoms with van der Waals surface area (Å²) in [5.41, 5.74) is 0.581. The first-order valence-corrected chi connectivity index (χ1v) is 6.78. The zero-order valence-corrected chi connectivity index (χ0v) is 13.0. The molecule has 1 N–H and O–H groups in total. The van der Waals surface area contributed by atoms with Gasteiger partial charge in [-0.3, -0.25) is 4.79 Å². The van der Waals surface area contributed by atoms with Crippen LogP contribution in [0.3, 0.4) is 0 Å². The molecule has 3 nitrogen and oxygen atoms in total. The number of nitrogens with one attached hydrogen (secondary N) is 1. The van der Waals surface area contributed by atoms with E-state index in [2.05, 4.69) is 5.32 Å². The molecular weight excluding hydrogens is 307 g/mol. The Hall–Kier alpha value is -0.480. The number of rotatable bonds is 2. The van der Waals surface area contributed by atoms with Crippen molar-refractivity contribution in [2.45, 2.75) is 18.9 Å². The number of halogens is 3. The number of carbonyl (C=O) groups is 1. The largest absolute Gasteiger partial charge is 0.337 e. The van der Waals surface area contributed by atoms with Crippen LogP contribution in [-0.2, 0) is 0 Å². The number of piperidine rings is 1. The van der Waals surface area contributed by atoms with Gasteiger partial charge in [0.15, 0.2) is 0 Å². The third kappa shape index (κ3) is 3.99. The van der Waals surface area contributed by atoms with Crippen molar-refractivity contribution in [1.82, 2.24) is 10.2 Å². The molecule has 106 valence electrons. The summed E-state index contributed by atoms with van der Waals surface area (Å²) in [5, 5.41) is 4.18. The van der Waals surface area contributed by atoms with Gasteiger partial charge in [-0.1, -0.05) is 23.2 Å². The lowest BCUT2D eigenvalue weighted by Crippen LogP contribution is -2.46. The van der Waals surface area contributed by atoms with Crippen molar-refractivity contribution in [3.8, 4) is 0 Å². The van der Waals surface area contributed by atoms with Gasteiger partial charge in [0.2, 0.25) is 0 Å². The Morgan fingerprint density at radius 1 is 1.37 bits per heavy atom. The molecule has 1 heterocycles. The monoisotopic (exact) mass is 322 g/mol. The van der Waals surface area contributed by atoms with Gasteiger partial charge in [0.1, 0.15) is 0 Å². The molecule has 2 rings (SSSR count). The third-order valence-electron chi connectivity index (χ3n) is 3.31. The van der Waals surface area contributed by atoms with Crippen LogP contribution < -0.4 is 5.32 Å². The molecule has 1 fully saturated rings. The molecule has 0 saturated carbocycles. The summed E-state index contributed by atoms with van der Waals surface area (Å²) in [6, 6.07) is 5.24. The molecule has 0 unspecified atom stereocenters. The number of hydrogen-bond donors (Lipinski definition) is 1. The maximum Gasteiger partial charge on any atom is 0.253 e. The second kappa shape index (κ2) is 7.34. The number of amides is 1. The highest BCUT2D eigenvalue weighted by Crippen LogP contribution is 2.23. The van der Waals surface area contributed by atoms with E-state index in [9.17, 15) is 4.79 Å². The molecule has 1 aliphatic rings. The molecule has 0 aliphatic carbocycles. The van der Waals surface area contributed by atoms with Gasteiger partial charge in [-0.05, 0) is 37.6 Å². The van der Waals surface area contributed by atoms with Gasteiger partial charge in [-0.15, -0.1) is 12.4 Å². The summed E-state index contributed by atoms with van der Waals surface area (Å²) < 4.78 is 0. The van der Waals surface area contributed by atoms with Crippen LogP contribution >= 0.6 is 35.6 Å². The molecule has 0 radical (unpaired) electrons. The second-order valence-corrected chi connectivity index (χ2v) is 5.36. The van der Waals surface area contributed by atoms with Crippen LogP contribution in [0, 0.1) is 0 Å². The van der Waals surface area contributed by atoms with Crippen LogP contribution in [0.5, 0.6) is 0 Å². The van der Waals surface area contributed by atoms with Crippen LogP contribution in [-0.4, -0.2) is 37.0 Å². The Labute approximate surface area is 129 Å². The van der Waals surface area contributed by atoms with Gasteiger partial charge in [0.25, 0.3) is 5.91 Å². The second-order valence-electron chi connectivity index (χ2n) is 4.55. The highest BCUT2D eigenvalue weighted by molar-refractivity contribution is 6.42. The van der Waals surface area contributed by atoms with Gasteiger partial charge in [-0.2, -0.15) is 0 Å². The molecular formula is C13H17Cl3N2O. The van der Waals surface area contributed by atoms with Crippen molar-refractivity contribution < 1.29 is 4.79 Å². The number of benzene rings is 1. The normalized spacial score (nSPS) is 18.6. The van der Waals surface area contributed by atoms with Crippen LogP contribution in [0.2, 0.25) is 10.0 Å². The molecule has 1 amide bonds. The molecule has 1 aromatic carbocycles. The van der Waals surface area contributed by atoms with Crippen LogP contribution in [0.4, 0.5) is 0 Å². The van der Waals surface area contributed by atoms with Gasteiger partial charge >= 0.3 is 0 Å². The number of carbonyl (C=O) groups excluding carboxylic acids is 1. The molecule has 0 spiro atoms. The van der Waals surface area contributed by atoms with Crippen molar-refractivity contribution in [3.63, 3.8) is 0 Å². The quantitative estimate of drug-likeness (QED) is 0.906. The van der Waals surface area contributed by atoms with Crippen molar-refractivity contribution >= 4 is 41.5 Å². The van der Waals surface area contributed by atoms with E-state index in [4.69, 9.17) is 23.2 Å². The van der Waals surface area contributed by atoms with Gasteiger partial charge < -0.3 is 10.2 Å². The number of hydrogen-bond acceptors (Lipinski definition) is 2. The minimum absolute atomic E-state index is 0. The van der Waals surface area contributed by atoms with E-state index in [1.54, 1.807) is 23.1 Å². The molecule has 0 aromatic heterocycles. The Bertz CT molecular complexity index is 448. The average molecular weight is 324 g/mol. The molecule has 1 saturated heterocycles. The lowest BCUT2D eigenvalue weighted by atomic mass is 10.1. The first-order chi connectivity index (χ1) is 8.59. The van der Waals surface area contributed by atoms with Crippen LogP contribution in [0.1, 0.15) is 23.2 Å². The van der Waals surface area contributed by atoms with E-state index < -0.39 is 0 Å². The van der Waals surface area contributed by atoms with E-state index in [0.717, 1.165) is 25.9 Å². The standard InChI is InChI=1S/C13H16Cl2N2O.ClH/c1-17(10-3-2-6-16-8-10)13(18)9-4-5-11(14)12(15)7-9;/h4-5,7,10,16H,2-3,6,8H2,1H3;1H/t10-;/m0./s1. The summed E-state index contributed by atoms with van der Waals surface area (Å²) in [7, 11) is 1.84. The fourth-order valence-electron chi connectivity index (χ4n) is 2.16. The van der Waals surface area contributed by atoms with E-state index in [0.29, 0.717) is 15.6 Å². The summed E-state index contributed by atoms with van der Waals surface area (Å²) >= 11 is 11.8. The predicted molar refractivity (Wildman–Crippen MR) is 81.7 cm³/mol. The van der Waals surface area contributed by atoms with Gasteiger partial charge in [-0.25, -0.2) is 0 Å². The number of nitrogens with zero attached hydrogens (tertiary/aromatic N) is 1. The maximum atomic E-state index is 12.3. The number of likely N-dealkylation sites (N-methyl/N-ethyl adjacent to an activating group) is 1. The average Bonchev–Trinajstić information content (AvgIpc) is 2.41. The lowest BCUT2D eigenvalue weighted by Gasteiger charge is -2.31. The van der Waals surface area contributed by atoms with Crippen LogP contribution in [0.25, 0.3) is 0 Å². The molecule has 1 aliphatic heterocycles. The Morgan fingerprint density at radius 2 is 2.11 bits per heavy atom. The van der Waals surface area contributed by atoms with Crippen molar-refractivity contribution in [3.05, 3.63) is 33.8 Å². The zero-order valence-electron chi connectivity index (χ0n) is 10.7. The topological polar surface area (TPSA) is 32.3 Å². The van der Waals surface area contributed by atoms with Crippen molar-refractivity contribution in [2.24, 2.45) is 0 Å². The predicted octanol–water partition coefficient (Wildman–Crippen LogP) is 3.24. The third-order valence-corrected chi connectivity index (χ3v) is 4.04. The lowest BCUT2D eigenvalue weighted by molar-refractivity contribution is 0.0708. The SMILES string of the molecule is CN(C(=O)c1ccc(Cl)c(Cl)c1)[C@H]1CCCNC1.Cl. The fraction of sp³-hybridized carbons (Fsp3) is 0.462. The minimum atomic E-state index is -0.0118. The maximum absolute atomic E-state index is 12.3. The molecule has 1 aromatic rings. The van der Waals surface area contributed by atoms with E-state index >= 15 is 0 Å². The summed E-state index contributed by atoms with van der Waals surface area (Å²) in [6.45, 7) is 1.88. The summed E-state index contributed by atoms with van der Waals surface area (Å²) in [6.07, 6.45) is 2.14. The first kappa shape index (κ1) is 16.6. The minimum Gasteiger partial charge on any atom is -0.337 e. The van der Waals surface area contributed by atoms with E-state index in [-0.39, 0.29) is 24.4 Å². The Balaban J connectivity index is 0.00000180. The van der Waals surface area contributed by atoms with E-state index in [1.807, 2.05) is 7.05 Å². The van der Waals surface area contributed by atoms with Crippen molar-refractivity contribution in [1.29, 1.82) is 0 Å². The fourth-order valence-corrected chi connectivity index (χ4v) is 2.46. The molecule has 0 bridgehead atoms. The highest BCUT2D eigenvalue weighted by atomic mass is 35.5. The van der Waals surface area contributed by atoms with Crippen molar-refractivity contribution in [2.75, 3.05) is 20.1 Å². The Morgan fingerprint density at radius 3 is 2.68 bits per heavy atom. The molecule has 19 heavy (non-hydrogen) atoms. The zero-order chi connectivity index (χ0) is 13.1. The summed E-state index contributed by atoms with van der Waals surface area (Å²) in [5.74, 6) is -0.0118.